The van der Waals surface area contributed by atoms with Gasteiger partial charge in [-0.15, -0.1) is 4.83 Å². The van der Waals surface area contributed by atoms with Crippen LogP contribution in [-0.2, 0) is 10.0 Å². The summed E-state index contributed by atoms with van der Waals surface area (Å²) in [6, 6.07) is 21.2. The second kappa shape index (κ2) is 8.62. The monoisotopic (exact) mass is 438 g/mol. The number of hydrogen-bond donors (Lipinski definition) is 2. The molecular formula is C21H18N4O3S2. The van der Waals surface area contributed by atoms with Gasteiger partial charge >= 0.3 is 0 Å². The van der Waals surface area contributed by atoms with Crippen LogP contribution < -0.4 is 15.0 Å². The first kappa shape index (κ1) is 20.0. The maximum Gasteiger partial charge on any atom is 0.257 e. The van der Waals surface area contributed by atoms with Crippen molar-refractivity contribution in [2.24, 2.45) is 0 Å². The van der Waals surface area contributed by atoms with Crippen molar-refractivity contribution in [2.45, 2.75) is 11.8 Å². The summed E-state index contributed by atoms with van der Waals surface area (Å²) in [6.07, 6.45) is 1.53. The summed E-state index contributed by atoms with van der Waals surface area (Å²) in [5.74, 6) is 0.807. The molecule has 7 nitrogen and oxygen atoms in total. The van der Waals surface area contributed by atoms with Gasteiger partial charge in [-0.3, -0.25) is 5.43 Å². The van der Waals surface area contributed by atoms with Crippen molar-refractivity contribution in [1.29, 1.82) is 0 Å². The lowest BCUT2D eigenvalue weighted by molar-refractivity contribution is 0.496. The molecule has 2 aromatic carbocycles. The highest BCUT2D eigenvalue weighted by molar-refractivity contribution is 7.89. The molecule has 0 saturated carbocycles. The third-order valence-electron chi connectivity index (χ3n) is 4.06. The third-order valence-corrected chi connectivity index (χ3v) is 6.17. The number of aromatic nitrogens is 2. The predicted molar refractivity (Wildman–Crippen MR) is 117 cm³/mol. The van der Waals surface area contributed by atoms with Crippen molar-refractivity contribution in [3.8, 4) is 22.1 Å². The summed E-state index contributed by atoms with van der Waals surface area (Å²) in [7, 11) is -3.72. The molecule has 0 amide bonds. The highest BCUT2D eigenvalue weighted by atomic mass is 32.2. The first-order valence-corrected chi connectivity index (χ1v) is 11.3. The van der Waals surface area contributed by atoms with Crippen LogP contribution in [0.4, 0.5) is 5.82 Å². The number of benzene rings is 2. The van der Waals surface area contributed by atoms with Gasteiger partial charge in [0.15, 0.2) is 0 Å². The summed E-state index contributed by atoms with van der Waals surface area (Å²) in [4.78, 5) is 11.2. The molecule has 0 aliphatic heterocycles. The van der Waals surface area contributed by atoms with Crippen molar-refractivity contribution >= 4 is 27.2 Å². The molecule has 9 heteroatoms. The van der Waals surface area contributed by atoms with Gasteiger partial charge in [0.1, 0.15) is 17.3 Å². The van der Waals surface area contributed by atoms with E-state index in [-0.39, 0.29) is 4.90 Å². The van der Waals surface area contributed by atoms with E-state index < -0.39 is 10.0 Å². The van der Waals surface area contributed by atoms with Crippen LogP contribution in [0.15, 0.2) is 83.9 Å². The standard InChI is InChI=1S/C21H18N4O3S2/c1-15-23-20(16-8-4-2-5-9-16)21(29-15)28-17-12-13-22-19(14-17)24-25-30(26,27)18-10-6-3-7-11-18/h2-14,25H,1H3,(H,22,24). The molecule has 0 saturated heterocycles. The Bertz CT molecular complexity index is 1240. The van der Waals surface area contributed by atoms with Crippen LogP contribution in [0, 0.1) is 6.92 Å². The van der Waals surface area contributed by atoms with Gasteiger partial charge in [-0.1, -0.05) is 59.9 Å². The molecule has 4 aromatic rings. The fourth-order valence-corrected chi connectivity index (χ4v) is 4.36. The summed E-state index contributed by atoms with van der Waals surface area (Å²) in [5, 5.41) is 1.53. The van der Waals surface area contributed by atoms with Crippen molar-refractivity contribution < 1.29 is 13.2 Å². The Labute approximate surface area is 178 Å². The van der Waals surface area contributed by atoms with E-state index in [4.69, 9.17) is 4.74 Å². The average molecular weight is 439 g/mol. The molecule has 0 bridgehead atoms. The molecule has 0 fully saturated rings. The Morgan fingerprint density at radius 2 is 1.67 bits per heavy atom. The van der Waals surface area contributed by atoms with Gasteiger partial charge in [-0.05, 0) is 25.1 Å². The zero-order chi connectivity index (χ0) is 21.0. The first-order valence-electron chi connectivity index (χ1n) is 9.01. The number of nitrogens with one attached hydrogen (secondary N) is 2. The minimum absolute atomic E-state index is 0.151. The smallest absolute Gasteiger partial charge is 0.257 e. The van der Waals surface area contributed by atoms with Gasteiger partial charge in [0.05, 0.1) is 9.90 Å². The fraction of sp³-hybridized carbons (Fsp3) is 0.0476. The number of hydrazine groups is 1. The predicted octanol–water partition coefficient (Wildman–Crippen LogP) is 4.61. The molecule has 0 aliphatic rings. The molecule has 2 aromatic heterocycles. The lowest BCUT2D eigenvalue weighted by atomic mass is 10.2. The van der Waals surface area contributed by atoms with Crippen LogP contribution in [-0.4, -0.2) is 18.4 Å². The van der Waals surface area contributed by atoms with Crippen molar-refractivity contribution in [3.63, 3.8) is 0 Å². The highest BCUT2D eigenvalue weighted by Gasteiger charge is 2.15. The topological polar surface area (TPSA) is 93.2 Å². The maximum absolute atomic E-state index is 12.3. The van der Waals surface area contributed by atoms with E-state index in [1.807, 2.05) is 37.3 Å². The maximum atomic E-state index is 12.3. The van der Waals surface area contributed by atoms with Crippen molar-refractivity contribution in [3.05, 3.63) is 84.0 Å². The van der Waals surface area contributed by atoms with E-state index in [2.05, 4.69) is 20.2 Å². The molecule has 0 atom stereocenters. The molecule has 0 unspecified atom stereocenters. The van der Waals surface area contributed by atoms with Crippen LogP contribution in [0.5, 0.6) is 10.8 Å². The number of aryl methyl sites for hydroxylation is 1. The Morgan fingerprint density at radius 1 is 0.967 bits per heavy atom. The Balaban J connectivity index is 1.51. The minimum atomic E-state index is -3.72. The largest absolute Gasteiger partial charge is 0.444 e. The van der Waals surface area contributed by atoms with Gasteiger partial charge in [-0.25, -0.2) is 18.4 Å². The number of anilines is 1. The van der Waals surface area contributed by atoms with Crippen LogP contribution in [0.2, 0.25) is 0 Å². The zero-order valence-corrected chi connectivity index (χ0v) is 17.6. The number of hydrogen-bond acceptors (Lipinski definition) is 7. The van der Waals surface area contributed by atoms with Crippen molar-refractivity contribution in [2.75, 3.05) is 5.43 Å². The molecule has 0 radical (unpaired) electrons. The fourth-order valence-electron chi connectivity index (χ4n) is 2.68. The molecule has 2 N–H and O–H groups in total. The lowest BCUT2D eigenvalue weighted by Gasteiger charge is -2.10. The van der Waals surface area contributed by atoms with E-state index in [1.54, 1.807) is 30.3 Å². The summed E-state index contributed by atoms with van der Waals surface area (Å²) in [5.41, 5.74) is 4.34. The lowest BCUT2D eigenvalue weighted by Crippen LogP contribution is -2.29. The second-order valence-corrected chi connectivity index (χ2v) is 9.11. The Kier molecular flexibility index (Phi) is 5.75. The average Bonchev–Trinajstić information content (AvgIpc) is 3.14. The Hall–Kier alpha value is -3.27. The van der Waals surface area contributed by atoms with Gasteiger partial charge in [-0.2, -0.15) is 0 Å². The van der Waals surface area contributed by atoms with Crippen molar-refractivity contribution in [1.82, 2.24) is 14.8 Å². The normalized spacial score (nSPS) is 11.2. The number of thiazole rings is 1. The van der Waals surface area contributed by atoms with Crippen LogP contribution in [0.1, 0.15) is 5.01 Å². The minimum Gasteiger partial charge on any atom is -0.444 e. The molecule has 152 valence electrons. The number of sulfonamides is 1. The second-order valence-electron chi connectivity index (χ2n) is 6.26. The van der Waals surface area contributed by atoms with Crippen LogP contribution in [0.25, 0.3) is 11.3 Å². The molecule has 4 rings (SSSR count). The van der Waals surface area contributed by atoms with Gasteiger partial charge in [0, 0.05) is 17.8 Å². The number of nitrogens with zero attached hydrogens (tertiary/aromatic N) is 2. The van der Waals surface area contributed by atoms with E-state index in [0.717, 1.165) is 16.3 Å². The summed E-state index contributed by atoms with van der Waals surface area (Å²) in [6.45, 7) is 1.92. The van der Waals surface area contributed by atoms with Gasteiger partial charge < -0.3 is 4.74 Å². The number of rotatable bonds is 7. The molecule has 0 aliphatic carbocycles. The van der Waals surface area contributed by atoms with Crippen LogP contribution in [0.3, 0.4) is 0 Å². The van der Waals surface area contributed by atoms with Gasteiger partial charge in [0.2, 0.25) is 5.06 Å². The number of pyridine rings is 1. The molecule has 0 spiro atoms. The zero-order valence-electron chi connectivity index (χ0n) is 15.9. The molecule has 30 heavy (non-hydrogen) atoms. The van der Waals surface area contributed by atoms with E-state index in [0.29, 0.717) is 16.6 Å². The molecule has 2 heterocycles. The quantitative estimate of drug-likeness (QED) is 0.409. The summed E-state index contributed by atoms with van der Waals surface area (Å²) >= 11 is 1.44. The third kappa shape index (κ3) is 4.65. The van der Waals surface area contributed by atoms with Crippen LogP contribution >= 0.6 is 11.3 Å². The molecular weight excluding hydrogens is 420 g/mol. The SMILES string of the molecule is Cc1nc(-c2ccccc2)c(Oc2ccnc(NNS(=O)(=O)c3ccccc3)c2)s1. The van der Waals surface area contributed by atoms with E-state index >= 15 is 0 Å². The summed E-state index contributed by atoms with van der Waals surface area (Å²) < 4.78 is 30.7. The Morgan fingerprint density at radius 3 is 2.40 bits per heavy atom. The highest BCUT2D eigenvalue weighted by Crippen LogP contribution is 2.38. The number of ether oxygens (including phenoxy) is 1. The van der Waals surface area contributed by atoms with E-state index in [1.165, 1.54) is 29.7 Å². The first-order chi connectivity index (χ1) is 14.5. The van der Waals surface area contributed by atoms with Gasteiger partial charge in [0.25, 0.3) is 10.0 Å². The van der Waals surface area contributed by atoms with E-state index in [9.17, 15) is 8.42 Å².